The molecule has 0 aliphatic heterocycles. The molecule has 0 unspecified atom stereocenters. The highest BCUT2D eigenvalue weighted by atomic mass is 16.6. The van der Waals surface area contributed by atoms with Gasteiger partial charge in [0.15, 0.2) is 22.4 Å². The zero-order chi connectivity index (χ0) is 26.3. The second-order valence-electron chi connectivity index (χ2n) is 9.42. The Morgan fingerprint density at radius 2 is 1.00 bits per heavy atom. The highest BCUT2D eigenvalue weighted by Gasteiger charge is 2.26. The van der Waals surface area contributed by atoms with Gasteiger partial charge in [0, 0.05) is 40.8 Å². The molecule has 0 aliphatic carbocycles. The standard InChI is InChI=1S/C32H18O6/c1-15(33)37-24-14-23-26-17-8-3-5-10-19(17)30(35)22-13-7-12-21(27(22)26)25-18-9-4-6-11-20(18)31(36)29(28(23)25)32(24)38-16(2)34/h3-14H,1-2H3. The van der Waals surface area contributed by atoms with Crippen molar-refractivity contribution in [2.75, 3.05) is 0 Å². The number of carbonyl (C=O) groups excluding carboxylic acids is 2. The summed E-state index contributed by atoms with van der Waals surface area (Å²) in [5.41, 5.74) is -0.423. The maximum atomic E-state index is 14.1. The quantitative estimate of drug-likeness (QED) is 0.125. The van der Waals surface area contributed by atoms with Gasteiger partial charge in [-0.3, -0.25) is 19.2 Å². The van der Waals surface area contributed by atoms with Crippen LogP contribution in [0.5, 0.6) is 11.5 Å². The van der Waals surface area contributed by atoms with E-state index >= 15 is 0 Å². The van der Waals surface area contributed by atoms with Crippen LogP contribution < -0.4 is 20.3 Å². The fourth-order valence-corrected chi connectivity index (χ4v) is 5.92. The van der Waals surface area contributed by atoms with Crippen LogP contribution in [0.25, 0.3) is 64.6 Å². The molecule has 7 aromatic carbocycles. The third-order valence-electron chi connectivity index (χ3n) is 7.20. The van der Waals surface area contributed by atoms with Crippen LogP contribution in [-0.2, 0) is 9.59 Å². The molecule has 0 radical (unpaired) electrons. The Labute approximate surface area is 214 Å². The van der Waals surface area contributed by atoms with Crippen LogP contribution in [0.2, 0.25) is 0 Å². The van der Waals surface area contributed by atoms with Crippen LogP contribution in [0.4, 0.5) is 0 Å². The van der Waals surface area contributed by atoms with Gasteiger partial charge < -0.3 is 9.47 Å². The average Bonchev–Trinajstić information content (AvgIpc) is 2.90. The summed E-state index contributed by atoms with van der Waals surface area (Å²) in [6, 6.07) is 21.8. The van der Waals surface area contributed by atoms with Gasteiger partial charge in [-0.25, -0.2) is 0 Å². The van der Waals surface area contributed by atoms with Crippen molar-refractivity contribution in [1.82, 2.24) is 0 Å². The summed E-state index contributed by atoms with van der Waals surface area (Å²) in [5, 5.41) is 7.45. The van der Waals surface area contributed by atoms with E-state index in [2.05, 4.69) is 0 Å². The number of fused-ring (bicyclic) bond motifs is 6. The van der Waals surface area contributed by atoms with Crippen molar-refractivity contribution in [1.29, 1.82) is 0 Å². The van der Waals surface area contributed by atoms with Crippen molar-refractivity contribution >= 4 is 76.6 Å². The molecule has 6 nitrogen and oxygen atoms in total. The molecule has 0 N–H and O–H groups in total. The van der Waals surface area contributed by atoms with Crippen LogP contribution in [-0.4, -0.2) is 11.9 Å². The van der Waals surface area contributed by atoms with Gasteiger partial charge in [-0.05, 0) is 38.4 Å². The van der Waals surface area contributed by atoms with Crippen molar-refractivity contribution in [3.63, 3.8) is 0 Å². The van der Waals surface area contributed by atoms with Crippen molar-refractivity contribution in [3.05, 3.63) is 93.2 Å². The average molecular weight is 498 g/mol. The van der Waals surface area contributed by atoms with E-state index in [1.54, 1.807) is 24.3 Å². The maximum absolute atomic E-state index is 14.1. The normalized spacial score (nSPS) is 11.8. The first-order chi connectivity index (χ1) is 18.4. The number of hydrogen-bond acceptors (Lipinski definition) is 6. The van der Waals surface area contributed by atoms with Crippen molar-refractivity contribution in [3.8, 4) is 11.5 Å². The second kappa shape index (κ2) is 7.70. The lowest BCUT2D eigenvalue weighted by molar-refractivity contribution is -0.134. The minimum absolute atomic E-state index is 0.0312. The Morgan fingerprint density at radius 1 is 0.500 bits per heavy atom. The molecule has 0 heterocycles. The monoisotopic (exact) mass is 498 g/mol. The Bertz CT molecular complexity index is 2270. The van der Waals surface area contributed by atoms with E-state index < -0.39 is 11.9 Å². The highest BCUT2D eigenvalue weighted by Crippen LogP contribution is 2.48. The lowest BCUT2D eigenvalue weighted by Gasteiger charge is -2.20. The fourth-order valence-electron chi connectivity index (χ4n) is 5.92. The van der Waals surface area contributed by atoms with Gasteiger partial charge in [0.25, 0.3) is 0 Å². The van der Waals surface area contributed by atoms with Gasteiger partial charge in [-0.2, -0.15) is 0 Å². The van der Waals surface area contributed by atoms with Crippen LogP contribution in [0.1, 0.15) is 13.8 Å². The molecular formula is C32H18O6. The van der Waals surface area contributed by atoms with E-state index in [-0.39, 0.29) is 27.7 Å². The summed E-state index contributed by atoms with van der Waals surface area (Å²) in [7, 11) is 0. The smallest absolute Gasteiger partial charge is 0.308 e. The molecule has 0 saturated carbocycles. The number of benzene rings is 7. The Morgan fingerprint density at radius 3 is 1.63 bits per heavy atom. The van der Waals surface area contributed by atoms with E-state index in [1.807, 2.05) is 48.5 Å². The third kappa shape index (κ3) is 2.82. The summed E-state index contributed by atoms with van der Waals surface area (Å²) in [6.07, 6.45) is 0. The molecule has 0 atom stereocenters. The highest BCUT2D eigenvalue weighted by molar-refractivity contribution is 6.42. The third-order valence-corrected chi connectivity index (χ3v) is 7.20. The van der Waals surface area contributed by atoms with Crippen LogP contribution in [0, 0.1) is 0 Å². The van der Waals surface area contributed by atoms with Gasteiger partial charge in [-0.1, -0.05) is 66.7 Å². The van der Waals surface area contributed by atoms with Crippen molar-refractivity contribution in [2.45, 2.75) is 13.8 Å². The van der Waals surface area contributed by atoms with Crippen LogP contribution in [0.3, 0.4) is 0 Å². The number of rotatable bonds is 2. The maximum Gasteiger partial charge on any atom is 0.308 e. The van der Waals surface area contributed by atoms with Crippen molar-refractivity contribution in [2.24, 2.45) is 0 Å². The second-order valence-corrected chi connectivity index (χ2v) is 9.42. The minimum Gasteiger partial charge on any atom is -0.423 e. The Kier molecular flexibility index (Phi) is 4.48. The molecule has 0 bridgehead atoms. The van der Waals surface area contributed by atoms with Gasteiger partial charge in [-0.15, -0.1) is 0 Å². The molecule has 0 spiro atoms. The molecule has 0 aromatic heterocycles. The van der Waals surface area contributed by atoms with Gasteiger partial charge >= 0.3 is 11.9 Å². The minimum atomic E-state index is -0.650. The van der Waals surface area contributed by atoms with Crippen LogP contribution in [0.15, 0.2) is 82.4 Å². The van der Waals surface area contributed by atoms with Gasteiger partial charge in [0.2, 0.25) is 0 Å². The number of hydrogen-bond donors (Lipinski definition) is 0. The van der Waals surface area contributed by atoms with Gasteiger partial charge in [0.05, 0.1) is 5.39 Å². The van der Waals surface area contributed by atoms with Crippen molar-refractivity contribution < 1.29 is 19.1 Å². The largest absolute Gasteiger partial charge is 0.423 e. The predicted octanol–water partition coefficient (Wildman–Crippen LogP) is 6.05. The summed E-state index contributed by atoms with van der Waals surface area (Å²) in [4.78, 5) is 52.0. The molecule has 7 rings (SSSR count). The van der Waals surface area contributed by atoms with E-state index in [0.29, 0.717) is 26.9 Å². The predicted molar refractivity (Wildman–Crippen MR) is 149 cm³/mol. The van der Waals surface area contributed by atoms with Crippen LogP contribution >= 0.6 is 0 Å². The SMILES string of the molecule is CC(=O)Oc1cc2c3c(c1OC(C)=O)c(=O)c1ccccc1c3c1cccc3c(=O)c4ccccc4c2c31. The number of carbonyl (C=O) groups is 2. The first kappa shape index (κ1) is 22.1. The molecule has 0 saturated heterocycles. The number of ether oxygens (including phenoxy) is 2. The van der Waals surface area contributed by atoms with Gasteiger partial charge in [0.1, 0.15) is 0 Å². The van der Waals surface area contributed by atoms with E-state index in [1.165, 1.54) is 13.8 Å². The summed E-state index contributed by atoms with van der Waals surface area (Å²) >= 11 is 0. The Balaban J connectivity index is 1.94. The molecule has 0 aliphatic rings. The first-order valence-corrected chi connectivity index (χ1v) is 12.1. The summed E-state index contributed by atoms with van der Waals surface area (Å²) in [6.45, 7) is 2.47. The lowest BCUT2D eigenvalue weighted by Crippen LogP contribution is -2.12. The topological polar surface area (TPSA) is 86.7 Å². The lowest BCUT2D eigenvalue weighted by atomic mass is 9.84. The first-order valence-electron chi connectivity index (χ1n) is 12.1. The molecule has 6 heteroatoms. The summed E-state index contributed by atoms with van der Waals surface area (Å²) in [5.74, 6) is -1.40. The molecule has 0 amide bonds. The molecule has 7 aromatic rings. The zero-order valence-electron chi connectivity index (χ0n) is 20.4. The summed E-state index contributed by atoms with van der Waals surface area (Å²) < 4.78 is 11.1. The molecular weight excluding hydrogens is 480 g/mol. The molecule has 182 valence electrons. The van der Waals surface area contributed by atoms with E-state index in [4.69, 9.17) is 9.47 Å². The van der Waals surface area contributed by atoms with E-state index in [9.17, 15) is 19.2 Å². The number of esters is 2. The fraction of sp³-hybridized carbons (Fsp3) is 0.0625. The van der Waals surface area contributed by atoms with E-state index in [0.717, 1.165) is 32.3 Å². The molecule has 38 heavy (non-hydrogen) atoms. The molecule has 0 fully saturated rings. The Hall–Kier alpha value is -5.10. The zero-order valence-corrected chi connectivity index (χ0v) is 20.4.